The smallest absolute Gasteiger partial charge is 0.167 e. The number of hydrogen-bond donors (Lipinski definition) is 1. The molecule has 2 aromatic rings. The minimum atomic E-state index is -0.711. The van der Waals surface area contributed by atoms with Gasteiger partial charge >= 0.3 is 0 Å². The number of ketones is 1. The summed E-state index contributed by atoms with van der Waals surface area (Å²) in [4.78, 5) is 15.5. The number of thiocarbonyl (C=S) groups is 1. The first-order valence-electron chi connectivity index (χ1n) is 15.0. The van der Waals surface area contributed by atoms with E-state index in [9.17, 15) is 4.79 Å². The van der Waals surface area contributed by atoms with Crippen molar-refractivity contribution in [1.82, 2.24) is 5.32 Å². The monoisotopic (exact) mass is 523 g/mol. The van der Waals surface area contributed by atoms with Gasteiger partial charge in [-0.3, -0.25) is 4.79 Å². The second kappa shape index (κ2) is 9.95. The second-order valence-corrected chi connectivity index (χ2v) is 13.0. The van der Waals surface area contributed by atoms with Crippen LogP contribution < -0.4 is 5.32 Å². The van der Waals surface area contributed by atoms with Crippen LogP contribution in [0.15, 0.2) is 42.5 Å². The van der Waals surface area contributed by atoms with Gasteiger partial charge < -0.3 is 5.32 Å². The highest BCUT2D eigenvalue weighted by atomic mass is 32.1. The van der Waals surface area contributed by atoms with Crippen molar-refractivity contribution in [3.8, 4) is 11.8 Å². The highest BCUT2D eigenvalue weighted by Gasteiger charge is 2.65. The van der Waals surface area contributed by atoms with Crippen LogP contribution in [0.5, 0.6) is 0 Å². The van der Waals surface area contributed by atoms with E-state index in [4.69, 9.17) is 12.2 Å². The number of Topliss-reactive ketones (excluding diaryl/α,β-unsaturated/α-hetero) is 1. The van der Waals surface area contributed by atoms with Crippen molar-refractivity contribution in [2.75, 3.05) is 0 Å². The lowest BCUT2D eigenvalue weighted by Crippen LogP contribution is -2.67. The van der Waals surface area contributed by atoms with Gasteiger partial charge in [-0.15, -0.1) is 0 Å². The minimum Gasteiger partial charge on any atom is -0.363 e. The van der Waals surface area contributed by atoms with E-state index >= 15 is 0 Å². The van der Waals surface area contributed by atoms with Crippen molar-refractivity contribution in [3.63, 3.8) is 0 Å². The number of rotatable bonds is 4. The molecule has 0 radical (unpaired) electrons. The van der Waals surface area contributed by atoms with E-state index in [0.29, 0.717) is 17.6 Å². The van der Waals surface area contributed by atoms with Crippen LogP contribution >= 0.6 is 12.2 Å². The van der Waals surface area contributed by atoms with E-state index in [1.807, 2.05) is 0 Å². The van der Waals surface area contributed by atoms with E-state index in [-0.39, 0.29) is 17.3 Å². The van der Waals surface area contributed by atoms with E-state index < -0.39 is 5.54 Å². The molecule has 1 heterocycles. The molecule has 1 saturated heterocycles. The first-order chi connectivity index (χ1) is 18.4. The largest absolute Gasteiger partial charge is 0.363 e. The number of hydrogen-bond acceptors (Lipinski definition) is 2. The summed E-state index contributed by atoms with van der Waals surface area (Å²) in [5, 5.41) is 3.79. The summed E-state index contributed by atoms with van der Waals surface area (Å²) in [6.07, 6.45) is 10.9. The van der Waals surface area contributed by atoms with E-state index in [0.717, 1.165) is 61.9 Å². The molecule has 2 aromatic carbocycles. The van der Waals surface area contributed by atoms with Crippen LogP contribution in [-0.4, -0.2) is 10.8 Å². The topological polar surface area (TPSA) is 29.1 Å². The Morgan fingerprint density at radius 3 is 2.37 bits per heavy atom. The Balaban J connectivity index is 1.34. The standard InChI is InChI=1S/C35H41NOS/c1-4-24-6-11-26(12-7-24)20-28-16-18-34(19-17-28)22-29-15-14-27(13-10-25-8-9-25)21-31(29)35(34)32(37)30(5-2)23(3)33(38)36-35/h6-7,11-12,14-15,21,23,25,28,30H,4-5,8-9,16-20,22H2,1-3H3,(H,36,38). The SMILES string of the molecule is CCc1ccc(CC2CCC3(CC2)Cc2ccc(C#CC4CC4)cc2C32NC(=S)C(C)C(CC)C2=O)cc1. The van der Waals surface area contributed by atoms with Crippen LogP contribution in [0.2, 0.25) is 0 Å². The van der Waals surface area contributed by atoms with Crippen LogP contribution in [0.4, 0.5) is 0 Å². The Morgan fingerprint density at radius 1 is 1.00 bits per heavy atom. The summed E-state index contributed by atoms with van der Waals surface area (Å²) in [7, 11) is 0. The molecular formula is C35H41NOS. The van der Waals surface area contributed by atoms with Gasteiger partial charge in [0.15, 0.2) is 5.78 Å². The lowest BCUT2D eigenvalue weighted by Gasteiger charge is -2.54. The first kappa shape index (κ1) is 25.8. The van der Waals surface area contributed by atoms with Gasteiger partial charge in [0.2, 0.25) is 0 Å². The summed E-state index contributed by atoms with van der Waals surface area (Å²) in [5.41, 5.74) is 5.56. The zero-order valence-electron chi connectivity index (χ0n) is 23.2. The molecule has 0 bridgehead atoms. The van der Waals surface area contributed by atoms with Crippen molar-refractivity contribution in [1.29, 1.82) is 0 Å². The number of carbonyl (C=O) groups excluding carboxylic acids is 1. The predicted octanol–water partition coefficient (Wildman–Crippen LogP) is 7.34. The summed E-state index contributed by atoms with van der Waals surface area (Å²) in [6, 6.07) is 15.9. The molecule has 1 N–H and O–H groups in total. The maximum atomic E-state index is 14.6. The van der Waals surface area contributed by atoms with Gasteiger partial charge in [-0.2, -0.15) is 0 Å². The Hall–Kier alpha value is -2.44. The fourth-order valence-electron chi connectivity index (χ4n) is 7.76. The molecule has 4 aliphatic rings. The Labute approximate surface area is 234 Å². The number of fused-ring (bicyclic) bond motifs is 3. The van der Waals surface area contributed by atoms with Crippen LogP contribution in [0, 0.1) is 40.9 Å². The maximum absolute atomic E-state index is 14.6. The average Bonchev–Trinajstić information content (AvgIpc) is 3.73. The fourth-order valence-corrected chi connectivity index (χ4v) is 8.08. The van der Waals surface area contributed by atoms with Crippen molar-refractivity contribution < 1.29 is 4.79 Å². The zero-order chi connectivity index (χ0) is 26.5. The molecule has 0 amide bonds. The molecule has 38 heavy (non-hydrogen) atoms. The summed E-state index contributed by atoms with van der Waals surface area (Å²) in [6.45, 7) is 6.50. The van der Waals surface area contributed by atoms with E-state index in [1.165, 1.54) is 35.1 Å². The summed E-state index contributed by atoms with van der Waals surface area (Å²) >= 11 is 5.98. The molecule has 0 aromatic heterocycles. The van der Waals surface area contributed by atoms with Crippen LogP contribution in [-0.2, 0) is 29.6 Å². The third kappa shape index (κ3) is 4.24. The first-order valence-corrected chi connectivity index (χ1v) is 15.4. The third-order valence-corrected chi connectivity index (χ3v) is 10.8. The highest BCUT2D eigenvalue weighted by Crippen LogP contribution is 2.61. The zero-order valence-corrected chi connectivity index (χ0v) is 24.1. The number of aryl methyl sites for hydroxylation is 1. The van der Waals surface area contributed by atoms with Crippen molar-refractivity contribution in [3.05, 3.63) is 70.3 Å². The normalized spacial score (nSPS) is 32.1. The third-order valence-electron chi connectivity index (χ3n) is 10.3. The molecule has 1 aliphatic heterocycles. The van der Waals surface area contributed by atoms with Crippen LogP contribution in [0.25, 0.3) is 0 Å². The molecule has 3 atom stereocenters. The second-order valence-electron chi connectivity index (χ2n) is 12.6. The molecule has 6 rings (SSSR count). The van der Waals surface area contributed by atoms with Gasteiger partial charge in [-0.25, -0.2) is 0 Å². The van der Waals surface area contributed by atoms with E-state index in [1.54, 1.807) is 0 Å². The summed E-state index contributed by atoms with van der Waals surface area (Å²) in [5.74, 6) is 8.53. The lowest BCUT2D eigenvalue weighted by molar-refractivity contribution is -0.139. The van der Waals surface area contributed by atoms with Crippen molar-refractivity contribution in [2.24, 2.45) is 29.1 Å². The van der Waals surface area contributed by atoms with Gasteiger partial charge in [0.25, 0.3) is 0 Å². The van der Waals surface area contributed by atoms with Gasteiger partial charge in [0.05, 0.1) is 4.99 Å². The van der Waals surface area contributed by atoms with Crippen molar-refractivity contribution >= 4 is 23.0 Å². The van der Waals surface area contributed by atoms with E-state index in [2.05, 4.69) is 80.4 Å². The molecule has 3 heteroatoms. The molecule has 2 nitrogen and oxygen atoms in total. The maximum Gasteiger partial charge on any atom is 0.167 e. The lowest BCUT2D eigenvalue weighted by atomic mass is 9.55. The predicted molar refractivity (Wildman–Crippen MR) is 159 cm³/mol. The molecule has 2 spiro atoms. The molecule has 3 aliphatic carbocycles. The van der Waals surface area contributed by atoms with Gasteiger partial charge in [-0.1, -0.05) is 75.2 Å². The number of carbonyl (C=O) groups is 1. The molecular weight excluding hydrogens is 482 g/mol. The number of nitrogens with one attached hydrogen (secondary N) is 1. The molecule has 2 saturated carbocycles. The quantitative estimate of drug-likeness (QED) is 0.336. The van der Waals surface area contributed by atoms with Crippen LogP contribution in [0.1, 0.15) is 93.5 Å². The Bertz CT molecular complexity index is 1300. The molecule has 3 unspecified atom stereocenters. The molecule has 3 fully saturated rings. The fraction of sp³-hybridized carbons (Fsp3) is 0.543. The average molecular weight is 524 g/mol. The van der Waals surface area contributed by atoms with Gasteiger partial charge in [0.1, 0.15) is 5.54 Å². The number of piperidine rings is 1. The van der Waals surface area contributed by atoms with Crippen molar-refractivity contribution in [2.45, 2.75) is 90.5 Å². The van der Waals surface area contributed by atoms with Gasteiger partial charge in [0, 0.05) is 28.7 Å². The van der Waals surface area contributed by atoms with Gasteiger partial charge in [-0.05, 0) is 105 Å². The Kier molecular flexibility index (Phi) is 6.76. The highest BCUT2D eigenvalue weighted by molar-refractivity contribution is 7.80. The Morgan fingerprint density at radius 2 is 1.71 bits per heavy atom. The van der Waals surface area contributed by atoms with Crippen LogP contribution in [0.3, 0.4) is 0 Å². The summed E-state index contributed by atoms with van der Waals surface area (Å²) < 4.78 is 0. The number of benzene rings is 2. The minimum absolute atomic E-state index is 0.0254. The molecule has 198 valence electrons.